The minimum atomic E-state index is -0.325. The molecule has 0 aliphatic heterocycles. The Balaban J connectivity index is 1.93. The SMILES string of the molecule is Cc1ccc(C)c([C@H](NC(=O)Cc2c(C)[nH][nH]c2=O)c2cccnc2)c1. The van der Waals surface area contributed by atoms with Gasteiger partial charge in [-0.25, -0.2) is 0 Å². The number of aryl methyl sites for hydroxylation is 3. The van der Waals surface area contributed by atoms with E-state index in [9.17, 15) is 9.59 Å². The van der Waals surface area contributed by atoms with Crippen LogP contribution in [-0.2, 0) is 11.2 Å². The third-order valence-corrected chi connectivity index (χ3v) is 4.50. The van der Waals surface area contributed by atoms with Gasteiger partial charge >= 0.3 is 0 Å². The number of hydrogen-bond donors (Lipinski definition) is 3. The van der Waals surface area contributed by atoms with E-state index in [1.165, 1.54) is 0 Å². The third kappa shape index (κ3) is 3.74. The predicted octanol–water partition coefficient (Wildman–Crippen LogP) is 2.47. The van der Waals surface area contributed by atoms with Gasteiger partial charge in [0.2, 0.25) is 5.91 Å². The first kappa shape index (κ1) is 17.7. The molecule has 3 rings (SSSR count). The number of aromatic amines is 2. The van der Waals surface area contributed by atoms with Crippen LogP contribution in [0.15, 0.2) is 47.5 Å². The molecule has 0 unspecified atom stereocenters. The average molecular weight is 350 g/mol. The number of pyridine rings is 1. The van der Waals surface area contributed by atoms with Gasteiger partial charge in [0.15, 0.2) is 0 Å². The maximum Gasteiger partial charge on any atom is 0.267 e. The van der Waals surface area contributed by atoms with Crippen molar-refractivity contribution >= 4 is 5.91 Å². The summed E-state index contributed by atoms with van der Waals surface area (Å²) < 4.78 is 0. The molecule has 0 bridgehead atoms. The second-order valence-electron chi connectivity index (χ2n) is 6.51. The van der Waals surface area contributed by atoms with Gasteiger partial charge in [-0.15, -0.1) is 0 Å². The normalized spacial score (nSPS) is 12.0. The highest BCUT2D eigenvalue weighted by Crippen LogP contribution is 2.25. The lowest BCUT2D eigenvalue weighted by Gasteiger charge is -2.22. The van der Waals surface area contributed by atoms with E-state index in [1.54, 1.807) is 19.3 Å². The molecule has 26 heavy (non-hydrogen) atoms. The molecule has 3 N–H and O–H groups in total. The second kappa shape index (κ2) is 7.39. The van der Waals surface area contributed by atoms with Gasteiger partial charge < -0.3 is 10.4 Å². The Morgan fingerprint density at radius 2 is 2.00 bits per heavy atom. The smallest absolute Gasteiger partial charge is 0.267 e. The molecule has 134 valence electrons. The van der Waals surface area contributed by atoms with Crippen LogP contribution in [0.3, 0.4) is 0 Å². The number of carbonyl (C=O) groups excluding carboxylic acids is 1. The lowest BCUT2D eigenvalue weighted by atomic mass is 9.94. The Hall–Kier alpha value is -3.15. The van der Waals surface area contributed by atoms with Crippen molar-refractivity contribution < 1.29 is 4.79 Å². The van der Waals surface area contributed by atoms with Crippen molar-refractivity contribution in [1.29, 1.82) is 0 Å². The number of aromatic nitrogens is 3. The van der Waals surface area contributed by atoms with Gasteiger partial charge in [-0.05, 0) is 43.5 Å². The number of nitrogens with one attached hydrogen (secondary N) is 3. The van der Waals surface area contributed by atoms with Crippen molar-refractivity contribution in [3.8, 4) is 0 Å². The average Bonchev–Trinajstić information content (AvgIpc) is 2.94. The zero-order chi connectivity index (χ0) is 18.7. The number of hydrogen-bond acceptors (Lipinski definition) is 3. The number of carbonyl (C=O) groups is 1. The van der Waals surface area contributed by atoms with Gasteiger partial charge in [0.1, 0.15) is 0 Å². The Bertz CT molecular complexity index is 973. The van der Waals surface area contributed by atoms with E-state index in [4.69, 9.17) is 0 Å². The van der Waals surface area contributed by atoms with Crippen molar-refractivity contribution in [3.05, 3.63) is 86.6 Å². The largest absolute Gasteiger partial charge is 0.345 e. The summed E-state index contributed by atoms with van der Waals surface area (Å²) in [6, 6.07) is 9.62. The Morgan fingerprint density at radius 3 is 2.65 bits per heavy atom. The molecule has 1 amide bonds. The van der Waals surface area contributed by atoms with Crippen molar-refractivity contribution in [2.75, 3.05) is 0 Å². The molecule has 0 saturated carbocycles. The van der Waals surface area contributed by atoms with Crippen LogP contribution < -0.4 is 10.9 Å². The summed E-state index contributed by atoms with van der Waals surface area (Å²) in [7, 11) is 0. The van der Waals surface area contributed by atoms with E-state index in [1.807, 2.05) is 38.1 Å². The molecule has 6 heteroatoms. The quantitative estimate of drug-likeness (QED) is 0.660. The van der Waals surface area contributed by atoms with Crippen LogP contribution in [0.25, 0.3) is 0 Å². The summed E-state index contributed by atoms with van der Waals surface area (Å²) in [5, 5.41) is 8.32. The molecule has 0 aliphatic carbocycles. The lowest BCUT2D eigenvalue weighted by molar-refractivity contribution is -0.121. The molecule has 1 atom stereocenters. The fourth-order valence-corrected chi connectivity index (χ4v) is 3.02. The second-order valence-corrected chi connectivity index (χ2v) is 6.51. The molecule has 0 saturated heterocycles. The molecule has 2 heterocycles. The van der Waals surface area contributed by atoms with Crippen molar-refractivity contribution in [2.45, 2.75) is 33.2 Å². The number of rotatable bonds is 5. The molecule has 0 spiro atoms. The Labute approximate surface area is 151 Å². The highest BCUT2D eigenvalue weighted by Gasteiger charge is 2.20. The molecular formula is C20H22N4O2. The Morgan fingerprint density at radius 1 is 1.19 bits per heavy atom. The number of H-pyrrole nitrogens is 2. The van der Waals surface area contributed by atoms with Crippen molar-refractivity contribution in [1.82, 2.24) is 20.5 Å². The monoisotopic (exact) mass is 350 g/mol. The van der Waals surface area contributed by atoms with Gasteiger partial charge in [-0.2, -0.15) is 0 Å². The zero-order valence-corrected chi connectivity index (χ0v) is 15.1. The number of benzene rings is 1. The molecule has 3 aromatic rings. The summed E-state index contributed by atoms with van der Waals surface area (Å²) >= 11 is 0. The van der Waals surface area contributed by atoms with Gasteiger partial charge in [0.05, 0.1) is 12.5 Å². The predicted molar refractivity (Wildman–Crippen MR) is 100.0 cm³/mol. The number of nitrogens with zero attached hydrogens (tertiary/aromatic N) is 1. The first-order valence-corrected chi connectivity index (χ1v) is 8.48. The van der Waals surface area contributed by atoms with E-state index in [0.29, 0.717) is 11.3 Å². The topological polar surface area (TPSA) is 90.6 Å². The van der Waals surface area contributed by atoms with Crippen LogP contribution in [0.1, 0.15) is 39.6 Å². The summed E-state index contributed by atoms with van der Waals surface area (Å²) in [4.78, 5) is 28.7. The van der Waals surface area contributed by atoms with Crippen LogP contribution in [-0.4, -0.2) is 21.1 Å². The van der Waals surface area contributed by atoms with Gasteiger partial charge in [0.25, 0.3) is 5.56 Å². The standard InChI is InChI=1S/C20H22N4O2/c1-12-6-7-13(2)16(9-12)19(15-5-4-8-21-11-15)22-18(25)10-17-14(3)23-24-20(17)26/h4-9,11,19H,10H2,1-3H3,(H,22,25)(H2,23,24,26)/t19-/m1/s1. The van der Waals surface area contributed by atoms with E-state index in [2.05, 4.69) is 26.6 Å². The van der Waals surface area contributed by atoms with Crippen molar-refractivity contribution in [2.24, 2.45) is 0 Å². The fourth-order valence-electron chi connectivity index (χ4n) is 3.02. The first-order valence-electron chi connectivity index (χ1n) is 8.48. The van der Waals surface area contributed by atoms with Crippen LogP contribution in [0.4, 0.5) is 0 Å². The highest BCUT2D eigenvalue weighted by molar-refractivity contribution is 5.79. The highest BCUT2D eigenvalue weighted by atomic mass is 16.2. The first-order chi connectivity index (χ1) is 12.5. The summed E-state index contributed by atoms with van der Waals surface area (Å²) in [5.41, 5.74) is 4.98. The maximum absolute atomic E-state index is 12.7. The maximum atomic E-state index is 12.7. The van der Waals surface area contributed by atoms with Crippen LogP contribution in [0.5, 0.6) is 0 Å². The summed E-state index contributed by atoms with van der Waals surface area (Å²) in [6.45, 7) is 5.81. The minimum Gasteiger partial charge on any atom is -0.345 e. The molecule has 6 nitrogen and oxygen atoms in total. The number of amides is 1. The van der Waals surface area contributed by atoms with E-state index in [0.717, 1.165) is 22.3 Å². The van der Waals surface area contributed by atoms with Gasteiger partial charge in [-0.1, -0.05) is 29.8 Å². The van der Waals surface area contributed by atoms with Crippen LogP contribution in [0, 0.1) is 20.8 Å². The molecule has 2 aromatic heterocycles. The zero-order valence-electron chi connectivity index (χ0n) is 15.1. The molecule has 1 aromatic carbocycles. The summed E-state index contributed by atoms with van der Waals surface area (Å²) in [6.07, 6.45) is 3.47. The fraction of sp³-hybridized carbons (Fsp3) is 0.250. The third-order valence-electron chi connectivity index (χ3n) is 4.50. The van der Waals surface area contributed by atoms with Gasteiger partial charge in [-0.3, -0.25) is 19.7 Å². The molecule has 0 aliphatic rings. The van der Waals surface area contributed by atoms with Crippen LogP contribution >= 0.6 is 0 Å². The van der Waals surface area contributed by atoms with Gasteiger partial charge in [0, 0.05) is 23.7 Å². The minimum absolute atomic E-state index is 0.0201. The summed E-state index contributed by atoms with van der Waals surface area (Å²) in [5.74, 6) is -0.215. The lowest BCUT2D eigenvalue weighted by Crippen LogP contribution is -2.32. The van der Waals surface area contributed by atoms with E-state index in [-0.39, 0.29) is 23.9 Å². The molecule has 0 fully saturated rings. The Kier molecular flexibility index (Phi) is 5.02. The molecular weight excluding hydrogens is 328 g/mol. The van der Waals surface area contributed by atoms with Crippen LogP contribution in [0.2, 0.25) is 0 Å². The molecule has 0 radical (unpaired) electrons. The van der Waals surface area contributed by atoms with Crippen molar-refractivity contribution in [3.63, 3.8) is 0 Å². The van der Waals surface area contributed by atoms with E-state index < -0.39 is 0 Å². The van der Waals surface area contributed by atoms with E-state index >= 15 is 0 Å².